The van der Waals surface area contributed by atoms with Crippen LogP contribution in [0.15, 0.2) is 54.3 Å². The van der Waals surface area contributed by atoms with E-state index in [9.17, 15) is 5.11 Å². The van der Waals surface area contributed by atoms with E-state index in [4.69, 9.17) is 18.9 Å². The van der Waals surface area contributed by atoms with Gasteiger partial charge in [-0.2, -0.15) is 0 Å². The van der Waals surface area contributed by atoms with Crippen LogP contribution < -0.4 is 14.2 Å². The van der Waals surface area contributed by atoms with Gasteiger partial charge in [-0.25, -0.2) is 4.90 Å². The second-order valence-corrected chi connectivity index (χ2v) is 8.84. The molecule has 2 aromatic rings. The van der Waals surface area contributed by atoms with Crippen LogP contribution in [0.3, 0.4) is 0 Å². The van der Waals surface area contributed by atoms with Crippen LogP contribution in [-0.2, 0) is 16.6 Å². The van der Waals surface area contributed by atoms with Crippen molar-refractivity contribution in [3.63, 3.8) is 0 Å². The van der Waals surface area contributed by atoms with Crippen molar-refractivity contribution < 1.29 is 24.1 Å². The number of ether oxygens (including phenoxy) is 4. The zero-order chi connectivity index (χ0) is 21.2. The third-order valence-corrected chi connectivity index (χ3v) is 7.70. The quantitative estimate of drug-likeness (QED) is 0.748. The summed E-state index contributed by atoms with van der Waals surface area (Å²) < 4.78 is 23.9. The SMILES string of the molecule is COC1=CCC2C3Cc4ccc(OC)c5c4[C@]2(CCN3C(O)Oc2ccccc2)[C@@H]1O5. The first kappa shape index (κ1) is 19.0. The number of hydrogen-bond acceptors (Lipinski definition) is 6. The summed E-state index contributed by atoms with van der Waals surface area (Å²) in [6, 6.07) is 13.8. The molecule has 2 aromatic carbocycles. The molecule has 2 aliphatic carbocycles. The summed E-state index contributed by atoms with van der Waals surface area (Å²) in [7, 11) is 3.41. The summed E-state index contributed by atoms with van der Waals surface area (Å²) in [6.45, 7) is 0.724. The molecule has 0 aromatic heterocycles. The smallest absolute Gasteiger partial charge is 0.259 e. The van der Waals surface area contributed by atoms with Gasteiger partial charge in [0.1, 0.15) is 11.5 Å². The van der Waals surface area contributed by atoms with E-state index in [0.717, 1.165) is 43.1 Å². The predicted octanol–water partition coefficient (Wildman–Crippen LogP) is 3.23. The zero-order valence-corrected chi connectivity index (χ0v) is 17.8. The molecule has 162 valence electrons. The van der Waals surface area contributed by atoms with Crippen molar-refractivity contribution in [1.82, 2.24) is 4.90 Å². The van der Waals surface area contributed by atoms with Crippen LogP contribution in [0.2, 0.25) is 0 Å². The monoisotopic (exact) mass is 421 g/mol. The minimum atomic E-state index is -0.988. The fourth-order valence-corrected chi connectivity index (χ4v) is 6.46. The number of piperidine rings is 1. The Kier molecular flexibility index (Phi) is 4.24. The first-order valence-electron chi connectivity index (χ1n) is 10.9. The Bertz CT molecular complexity index is 1040. The Morgan fingerprint density at radius 3 is 2.74 bits per heavy atom. The summed E-state index contributed by atoms with van der Waals surface area (Å²) in [5.74, 6) is 3.53. The molecule has 3 unspecified atom stereocenters. The lowest BCUT2D eigenvalue weighted by molar-refractivity contribution is -0.186. The number of nitrogens with zero attached hydrogens (tertiary/aromatic N) is 1. The van der Waals surface area contributed by atoms with Crippen LogP contribution in [-0.4, -0.2) is 49.3 Å². The lowest BCUT2D eigenvalue weighted by atomic mass is 9.53. The van der Waals surface area contributed by atoms with Gasteiger partial charge in [0.25, 0.3) is 6.41 Å². The third kappa shape index (κ3) is 2.52. The van der Waals surface area contributed by atoms with Gasteiger partial charge in [-0.05, 0) is 55.0 Å². The lowest BCUT2D eigenvalue weighted by Gasteiger charge is -2.57. The van der Waals surface area contributed by atoms with Gasteiger partial charge in [-0.1, -0.05) is 24.3 Å². The molecule has 0 radical (unpaired) electrons. The normalized spacial score (nSPS) is 31.2. The number of hydrogen-bond donors (Lipinski definition) is 1. The fourth-order valence-electron chi connectivity index (χ4n) is 6.46. The summed E-state index contributed by atoms with van der Waals surface area (Å²) in [5.41, 5.74) is 2.40. The van der Waals surface area contributed by atoms with E-state index in [1.165, 1.54) is 11.1 Å². The van der Waals surface area contributed by atoms with Crippen molar-refractivity contribution in [3.05, 3.63) is 65.4 Å². The first-order chi connectivity index (χ1) is 15.2. The average Bonchev–Trinajstić information content (AvgIpc) is 3.14. The molecular formula is C25H27NO5. The molecule has 2 heterocycles. The highest BCUT2D eigenvalue weighted by Crippen LogP contribution is 2.64. The maximum absolute atomic E-state index is 11.0. The Morgan fingerprint density at radius 1 is 1.13 bits per heavy atom. The van der Waals surface area contributed by atoms with E-state index in [1.54, 1.807) is 14.2 Å². The molecule has 6 nitrogen and oxygen atoms in total. The number of rotatable bonds is 5. The highest BCUT2D eigenvalue weighted by atomic mass is 16.6. The van der Waals surface area contributed by atoms with Gasteiger partial charge in [0.2, 0.25) is 0 Å². The Morgan fingerprint density at radius 2 is 1.97 bits per heavy atom. The second kappa shape index (κ2) is 6.90. The van der Waals surface area contributed by atoms with Crippen molar-refractivity contribution in [2.75, 3.05) is 20.8 Å². The van der Waals surface area contributed by atoms with Crippen LogP contribution >= 0.6 is 0 Å². The van der Waals surface area contributed by atoms with E-state index in [-0.39, 0.29) is 17.6 Å². The van der Waals surface area contributed by atoms with Crippen molar-refractivity contribution in [3.8, 4) is 17.2 Å². The first-order valence-corrected chi connectivity index (χ1v) is 10.9. The molecule has 1 saturated heterocycles. The maximum atomic E-state index is 11.0. The van der Waals surface area contributed by atoms with Crippen molar-refractivity contribution in [2.45, 2.75) is 43.2 Å². The van der Waals surface area contributed by atoms with Gasteiger partial charge < -0.3 is 24.1 Å². The Hall–Kier alpha value is -2.70. The van der Waals surface area contributed by atoms with Crippen molar-refractivity contribution in [2.24, 2.45) is 5.92 Å². The molecule has 5 atom stereocenters. The number of benzene rings is 2. The summed E-state index contributed by atoms with van der Waals surface area (Å²) >= 11 is 0. The van der Waals surface area contributed by atoms with E-state index in [1.807, 2.05) is 36.4 Å². The van der Waals surface area contributed by atoms with Crippen LogP contribution in [0.5, 0.6) is 17.2 Å². The number of allylic oxidation sites excluding steroid dienone is 1. The third-order valence-electron chi connectivity index (χ3n) is 7.70. The van der Waals surface area contributed by atoms with Crippen LogP contribution in [0.1, 0.15) is 24.0 Å². The molecule has 0 saturated carbocycles. The van der Waals surface area contributed by atoms with E-state index in [2.05, 4.69) is 17.0 Å². The van der Waals surface area contributed by atoms with Crippen LogP contribution in [0.4, 0.5) is 0 Å². The molecule has 1 N–H and O–H groups in total. The lowest BCUT2D eigenvalue weighted by Crippen LogP contribution is -2.66. The van der Waals surface area contributed by atoms with Gasteiger partial charge >= 0.3 is 0 Å². The Labute approximate surface area is 182 Å². The van der Waals surface area contributed by atoms with Gasteiger partial charge in [-0.15, -0.1) is 0 Å². The molecule has 2 aliphatic heterocycles. The highest BCUT2D eigenvalue weighted by Gasteiger charge is 2.65. The molecule has 6 rings (SSSR count). The van der Waals surface area contributed by atoms with E-state index < -0.39 is 6.41 Å². The number of methoxy groups -OCH3 is 2. The van der Waals surface area contributed by atoms with Gasteiger partial charge in [0.15, 0.2) is 17.6 Å². The number of aliphatic hydroxyl groups is 1. The Balaban J connectivity index is 1.42. The number of para-hydroxylation sites is 1. The molecule has 6 heteroatoms. The molecular weight excluding hydrogens is 394 g/mol. The van der Waals surface area contributed by atoms with Crippen molar-refractivity contribution >= 4 is 0 Å². The largest absolute Gasteiger partial charge is 0.497 e. The molecule has 0 amide bonds. The summed E-state index contributed by atoms with van der Waals surface area (Å²) in [6.07, 6.45) is 3.62. The minimum Gasteiger partial charge on any atom is -0.497 e. The predicted molar refractivity (Wildman–Crippen MR) is 114 cm³/mol. The van der Waals surface area contributed by atoms with E-state index >= 15 is 0 Å². The number of aliphatic hydroxyl groups excluding tert-OH is 1. The summed E-state index contributed by atoms with van der Waals surface area (Å²) in [4.78, 5) is 2.12. The average molecular weight is 421 g/mol. The van der Waals surface area contributed by atoms with Gasteiger partial charge in [0.05, 0.1) is 14.2 Å². The minimum absolute atomic E-state index is 0.153. The standard InChI is InChI=1S/C25H27NO5/c1-28-19-10-8-15-14-18-17-9-11-20(29-2)23-25(17,21(15)22(19)31-23)12-13-26(18)24(27)30-16-6-4-3-5-7-16/h3-8,10-11,17-18,23-24,27H,9,12-14H2,1-2H3/t17?,18?,23-,24?,25-/m1/s1. The molecule has 4 aliphatic rings. The molecule has 1 spiro atoms. The molecule has 31 heavy (non-hydrogen) atoms. The van der Waals surface area contributed by atoms with Crippen LogP contribution in [0, 0.1) is 5.92 Å². The molecule has 2 bridgehead atoms. The summed E-state index contributed by atoms with van der Waals surface area (Å²) in [5, 5.41) is 11.0. The molecule has 1 fully saturated rings. The fraction of sp³-hybridized carbons (Fsp3) is 0.440. The topological polar surface area (TPSA) is 60.4 Å². The van der Waals surface area contributed by atoms with Gasteiger partial charge in [0, 0.05) is 23.6 Å². The van der Waals surface area contributed by atoms with Crippen LogP contribution in [0.25, 0.3) is 0 Å². The van der Waals surface area contributed by atoms with Gasteiger partial charge in [-0.3, -0.25) is 0 Å². The second-order valence-electron chi connectivity index (χ2n) is 8.84. The highest BCUT2D eigenvalue weighted by molar-refractivity contribution is 5.62. The van der Waals surface area contributed by atoms with Crippen molar-refractivity contribution in [1.29, 1.82) is 0 Å². The van der Waals surface area contributed by atoms with E-state index in [0.29, 0.717) is 11.7 Å². The zero-order valence-electron chi connectivity index (χ0n) is 17.8. The maximum Gasteiger partial charge on any atom is 0.259 e. The number of likely N-dealkylation sites (tertiary alicyclic amines) is 1.